The number of rotatable bonds is 14. The zero-order chi connectivity index (χ0) is 28.4. The highest BCUT2D eigenvalue weighted by atomic mass is 32.2. The zero-order valence-corrected chi connectivity index (χ0v) is 23.4. The molecule has 0 saturated heterocycles. The second kappa shape index (κ2) is 13.9. The van der Waals surface area contributed by atoms with Crippen molar-refractivity contribution in [1.29, 1.82) is 0 Å². The third-order valence-corrected chi connectivity index (χ3v) is 7.75. The van der Waals surface area contributed by atoms with Crippen molar-refractivity contribution in [3.63, 3.8) is 0 Å². The Morgan fingerprint density at radius 1 is 0.800 bits per heavy atom. The molecule has 0 aliphatic rings. The van der Waals surface area contributed by atoms with Crippen LogP contribution in [0.5, 0.6) is 11.5 Å². The summed E-state index contributed by atoms with van der Waals surface area (Å²) in [4.78, 5) is 11.4. The second-order valence-corrected chi connectivity index (χ2v) is 10.8. The minimum Gasteiger partial charge on any atom is -0.496 e. The molecule has 0 aromatic heterocycles. The highest BCUT2D eigenvalue weighted by Crippen LogP contribution is 2.36. The first-order valence-corrected chi connectivity index (χ1v) is 14.4. The molecular formula is C31H33NO7S. The lowest BCUT2D eigenvalue weighted by atomic mass is 9.97. The molecule has 0 amide bonds. The van der Waals surface area contributed by atoms with Crippen molar-refractivity contribution in [3.05, 3.63) is 102 Å². The van der Waals surface area contributed by atoms with E-state index in [0.29, 0.717) is 26.2 Å². The van der Waals surface area contributed by atoms with Crippen LogP contribution in [0.4, 0.5) is 0 Å². The zero-order valence-electron chi connectivity index (χ0n) is 22.6. The molecule has 1 N–H and O–H groups in total. The van der Waals surface area contributed by atoms with Gasteiger partial charge in [-0.15, -0.1) is 0 Å². The van der Waals surface area contributed by atoms with Gasteiger partial charge in [0.25, 0.3) is 0 Å². The second-order valence-electron chi connectivity index (χ2n) is 9.07. The van der Waals surface area contributed by atoms with Gasteiger partial charge in [0.2, 0.25) is 10.0 Å². The number of benzene rings is 4. The quantitative estimate of drug-likeness (QED) is 0.172. The van der Waals surface area contributed by atoms with Gasteiger partial charge >= 0.3 is 5.97 Å². The van der Waals surface area contributed by atoms with Crippen LogP contribution in [0.1, 0.15) is 23.1 Å². The molecule has 8 nitrogen and oxygen atoms in total. The number of hydrogen-bond acceptors (Lipinski definition) is 7. The topological polar surface area (TPSA) is 100 Å². The van der Waals surface area contributed by atoms with Crippen LogP contribution in [0, 0.1) is 0 Å². The van der Waals surface area contributed by atoms with Gasteiger partial charge in [0.15, 0.2) is 0 Å². The Morgan fingerprint density at radius 2 is 1.57 bits per heavy atom. The molecule has 40 heavy (non-hydrogen) atoms. The Labute approximate surface area is 234 Å². The van der Waals surface area contributed by atoms with Crippen molar-refractivity contribution in [3.8, 4) is 11.5 Å². The lowest BCUT2D eigenvalue weighted by molar-refractivity contribution is -0.139. The van der Waals surface area contributed by atoms with E-state index in [9.17, 15) is 13.2 Å². The average Bonchev–Trinajstić information content (AvgIpc) is 2.98. The molecule has 0 saturated carbocycles. The molecule has 0 aliphatic carbocycles. The predicted molar refractivity (Wildman–Crippen MR) is 153 cm³/mol. The first kappa shape index (κ1) is 29.1. The number of hydrogen-bond donors (Lipinski definition) is 1. The standard InChI is InChI=1S/C31H33NO7S/c1-36-28-17-14-25(20-23-12-15-26(16-13-23)40(34,35)32-21-30(33)37-2)31-27(28)10-6-11-29(31)39-19-7-18-38-22-24-8-4-3-5-9-24/h3-6,8-17,32H,7,18-22H2,1-2H3. The van der Waals surface area contributed by atoms with Gasteiger partial charge in [0, 0.05) is 17.2 Å². The number of methoxy groups -OCH3 is 2. The lowest BCUT2D eigenvalue weighted by Gasteiger charge is -2.16. The summed E-state index contributed by atoms with van der Waals surface area (Å²) in [5.41, 5.74) is 3.07. The minimum absolute atomic E-state index is 0.0678. The molecule has 0 aliphatic heterocycles. The van der Waals surface area contributed by atoms with Gasteiger partial charge in [0.05, 0.1) is 38.9 Å². The van der Waals surface area contributed by atoms with Crippen molar-refractivity contribution in [2.24, 2.45) is 0 Å². The summed E-state index contributed by atoms with van der Waals surface area (Å²) < 4.78 is 49.3. The molecule has 0 heterocycles. The van der Waals surface area contributed by atoms with Gasteiger partial charge < -0.3 is 18.9 Å². The number of carbonyl (C=O) groups excluding carboxylic acids is 1. The SMILES string of the molecule is COC(=O)CNS(=O)(=O)c1ccc(Cc2ccc(OC)c3cccc(OCCCOCc4ccccc4)c23)cc1. The predicted octanol–water partition coefficient (Wildman–Crippen LogP) is 4.88. The van der Waals surface area contributed by atoms with E-state index in [2.05, 4.69) is 9.46 Å². The van der Waals surface area contributed by atoms with Gasteiger partial charge in [-0.1, -0.05) is 60.7 Å². The molecule has 0 unspecified atom stereocenters. The molecule has 4 rings (SSSR count). The summed E-state index contributed by atoms with van der Waals surface area (Å²) in [6, 6.07) is 26.4. The summed E-state index contributed by atoms with van der Waals surface area (Å²) in [5, 5.41) is 1.88. The molecule has 0 fully saturated rings. The van der Waals surface area contributed by atoms with Crippen molar-refractivity contribution < 1.29 is 32.2 Å². The Bertz CT molecular complexity index is 1520. The number of nitrogens with one attached hydrogen (secondary N) is 1. The summed E-state index contributed by atoms with van der Waals surface area (Å²) in [6.07, 6.45) is 1.29. The first-order valence-electron chi connectivity index (χ1n) is 12.9. The maximum atomic E-state index is 12.5. The number of esters is 1. The van der Waals surface area contributed by atoms with Crippen LogP contribution in [0.3, 0.4) is 0 Å². The van der Waals surface area contributed by atoms with E-state index < -0.39 is 22.5 Å². The Morgan fingerprint density at radius 3 is 2.30 bits per heavy atom. The molecule has 0 radical (unpaired) electrons. The molecule has 0 atom stereocenters. The normalized spacial score (nSPS) is 11.3. The summed E-state index contributed by atoms with van der Waals surface area (Å²) in [7, 11) is -0.997. The molecular weight excluding hydrogens is 530 g/mol. The van der Waals surface area contributed by atoms with Crippen molar-refractivity contribution in [2.75, 3.05) is 34.0 Å². The molecule has 4 aromatic carbocycles. The van der Waals surface area contributed by atoms with Crippen LogP contribution in [-0.2, 0) is 37.3 Å². The minimum atomic E-state index is -3.84. The highest BCUT2D eigenvalue weighted by molar-refractivity contribution is 7.89. The number of fused-ring (bicyclic) bond motifs is 1. The summed E-state index contributed by atoms with van der Waals surface area (Å²) >= 11 is 0. The van der Waals surface area contributed by atoms with Crippen molar-refractivity contribution >= 4 is 26.8 Å². The molecule has 9 heteroatoms. The first-order chi connectivity index (χ1) is 19.4. The number of carbonyl (C=O) groups is 1. The number of sulfonamides is 1. The van der Waals surface area contributed by atoms with Crippen LogP contribution < -0.4 is 14.2 Å². The van der Waals surface area contributed by atoms with Crippen LogP contribution in [-0.4, -0.2) is 48.4 Å². The van der Waals surface area contributed by atoms with Gasteiger partial charge in [-0.25, -0.2) is 8.42 Å². The fraction of sp³-hybridized carbons (Fsp3) is 0.258. The summed E-state index contributed by atoms with van der Waals surface area (Å²) in [5.74, 6) is 0.832. The van der Waals surface area contributed by atoms with E-state index in [1.165, 1.54) is 19.2 Å². The van der Waals surface area contributed by atoms with E-state index in [4.69, 9.17) is 14.2 Å². The molecule has 0 spiro atoms. The molecule has 0 bridgehead atoms. The van der Waals surface area contributed by atoms with E-state index in [1.807, 2.05) is 60.7 Å². The largest absolute Gasteiger partial charge is 0.496 e. The molecule has 210 valence electrons. The monoisotopic (exact) mass is 563 g/mol. The van der Waals surface area contributed by atoms with Gasteiger partial charge in [-0.05, 0) is 47.4 Å². The van der Waals surface area contributed by atoms with Crippen LogP contribution in [0.2, 0.25) is 0 Å². The van der Waals surface area contributed by atoms with Gasteiger partial charge in [0.1, 0.15) is 18.0 Å². The van der Waals surface area contributed by atoms with Crippen molar-refractivity contribution in [1.82, 2.24) is 4.72 Å². The van der Waals surface area contributed by atoms with Crippen LogP contribution in [0.25, 0.3) is 10.8 Å². The van der Waals surface area contributed by atoms with Gasteiger partial charge in [-0.3, -0.25) is 4.79 Å². The third-order valence-electron chi connectivity index (χ3n) is 6.33. The summed E-state index contributed by atoms with van der Waals surface area (Å²) in [6.45, 7) is 1.22. The smallest absolute Gasteiger partial charge is 0.320 e. The maximum Gasteiger partial charge on any atom is 0.320 e. The Hall–Kier alpha value is -3.92. The van der Waals surface area contributed by atoms with Gasteiger partial charge in [-0.2, -0.15) is 4.72 Å². The average molecular weight is 564 g/mol. The fourth-order valence-electron chi connectivity index (χ4n) is 4.29. The third kappa shape index (κ3) is 7.59. The van der Waals surface area contributed by atoms with E-state index >= 15 is 0 Å². The fourth-order valence-corrected chi connectivity index (χ4v) is 5.25. The van der Waals surface area contributed by atoms with Crippen LogP contribution in [0.15, 0.2) is 89.8 Å². The van der Waals surface area contributed by atoms with Crippen LogP contribution >= 0.6 is 0 Å². The number of ether oxygens (including phenoxy) is 4. The Balaban J connectivity index is 1.46. The van der Waals surface area contributed by atoms with E-state index in [0.717, 1.165) is 45.4 Å². The van der Waals surface area contributed by atoms with E-state index in [1.54, 1.807) is 19.2 Å². The highest BCUT2D eigenvalue weighted by Gasteiger charge is 2.17. The Kier molecular flexibility index (Phi) is 10.1. The van der Waals surface area contributed by atoms with E-state index in [-0.39, 0.29) is 4.90 Å². The maximum absolute atomic E-state index is 12.5. The lowest BCUT2D eigenvalue weighted by Crippen LogP contribution is -2.30. The van der Waals surface area contributed by atoms with Crippen molar-refractivity contribution in [2.45, 2.75) is 24.3 Å². The molecule has 4 aromatic rings.